The summed E-state index contributed by atoms with van der Waals surface area (Å²) >= 11 is 6.12. The highest BCUT2D eigenvalue weighted by molar-refractivity contribution is 7.92. The third-order valence-electron chi connectivity index (χ3n) is 7.02. The molecule has 43 heavy (non-hydrogen) atoms. The molecule has 1 aliphatic heterocycles. The second kappa shape index (κ2) is 14.6. The van der Waals surface area contributed by atoms with Crippen molar-refractivity contribution in [2.24, 2.45) is 5.92 Å². The lowest BCUT2D eigenvalue weighted by molar-refractivity contribution is -0.140. The fourth-order valence-electron chi connectivity index (χ4n) is 4.67. The molecule has 3 aromatic rings. The molecule has 1 unspecified atom stereocenters. The largest absolute Gasteiger partial charge is 0.486 e. The van der Waals surface area contributed by atoms with E-state index >= 15 is 0 Å². The van der Waals surface area contributed by atoms with Crippen LogP contribution in [0.1, 0.15) is 31.9 Å². The van der Waals surface area contributed by atoms with Gasteiger partial charge in [0.05, 0.1) is 11.4 Å². The van der Waals surface area contributed by atoms with E-state index in [1.807, 2.05) is 44.2 Å². The van der Waals surface area contributed by atoms with Crippen molar-refractivity contribution in [3.63, 3.8) is 0 Å². The number of fused-ring (bicyclic) bond motifs is 1. The molecule has 1 aliphatic rings. The Morgan fingerprint density at radius 2 is 1.60 bits per heavy atom. The molecule has 1 heterocycles. The molecule has 0 saturated carbocycles. The van der Waals surface area contributed by atoms with Crippen molar-refractivity contribution in [3.8, 4) is 11.5 Å². The molecule has 230 valence electrons. The summed E-state index contributed by atoms with van der Waals surface area (Å²) in [5, 5.41) is 3.51. The first-order chi connectivity index (χ1) is 20.6. The lowest BCUT2D eigenvalue weighted by Gasteiger charge is -2.34. The van der Waals surface area contributed by atoms with Crippen LogP contribution < -0.4 is 19.1 Å². The molecule has 0 spiro atoms. The van der Waals surface area contributed by atoms with E-state index in [9.17, 15) is 18.0 Å². The van der Waals surface area contributed by atoms with Gasteiger partial charge in [0.25, 0.3) is 0 Å². The zero-order chi connectivity index (χ0) is 31.0. The molecule has 4 rings (SSSR count). The summed E-state index contributed by atoms with van der Waals surface area (Å²) in [5.74, 6) is 0.0346. The summed E-state index contributed by atoms with van der Waals surface area (Å²) < 4.78 is 39.1. The highest BCUT2D eigenvalue weighted by Crippen LogP contribution is 2.35. The monoisotopic (exact) mass is 627 g/mol. The van der Waals surface area contributed by atoms with Gasteiger partial charge in [-0.1, -0.05) is 67.9 Å². The van der Waals surface area contributed by atoms with E-state index < -0.39 is 28.5 Å². The molecule has 0 fully saturated rings. The Morgan fingerprint density at radius 1 is 0.930 bits per heavy atom. The molecule has 11 heteroatoms. The van der Waals surface area contributed by atoms with E-state index in [0.29, 0.717) is 36.3 Å². The number of sulfonamides is 1. The van der Waals surface area contributed by atoms with Gasteiger partial charge >= 0.3 is 0 Å². The predicted molar refractivity (Wildman–Crippen MR) is 168 cm³/mol. The van der Waals surface area contributed by atoms with E-state index in [1.54, 1.807) is 42.5 Å². The van der Waals surface area contributed by atoms with Crippen LogP contribution in [0.3, 0.4) is 0 Å². The van der Waals surface area contributed by atoms with Crippen LogP contribution >= 0.6 is 11.6 Å². The summed E-state index contributed by atoms with van der Waals surface area (Å²) in [5.41, 5.74) is 1.89. The summed E-state index contributed by atoms with van der Waals surface area (Å²) in [6.07, 6.45) is 0.245. The van der Waals surface area contributed by atoms with Crippen LogP contribution in [0.4, 0.5) is 5.69 Å². The first-order valence-electron chi connectivity index (χ1n) is 14.3. The lowest BCUT2D eigenvalue weighted by atomic mass is 10.0. The van der Waals surface area contributed by atoms with Crippen LogP contribution in [0.15, 0.2) is 72.8 Å². The van der Waals surface area contributed by atoms with Crippen molar-refractivity contribution in [1.82, 2.24) is 10.2 Å². The number of anilines is 1. The van der Waals surface area contributed by atoms with Gasteiger partial charge in [-0.25, -0.2) is 8.42 Å². The number of hydrogen-bond acceptors (Lipinski definition) is 6. The van der Waals surface area contributed by atoms with Crippen LogP contribution in [0.25, 0.3) is 0 Å². The van der Waals surface area contributed by atoms with Crippen molar-refractivity contribution in [3.05, 3.63) is 88.9 Å². The quantitative estimate of drug-likeness (QED) is 0.295. The summed E-state index contributed by atoms with van der Waals surface area (Å²) in [6, 6.07) is 20.3. The van der Waals surface area contributed by atoms with Crippen molar-refractivity contribution in [2.75, 3.05) is 36.4 Å². The average Bonchev–Trinajstić information content (AvgIpc) is 3.01. The molecule has 3 aromatic carbocycles. The molecular weight excluding hydrogens is 590 g/mol. The van der Waals surface area contributed by atoms with E-state index in [4.69, 9.17) is 21.1 Å². The van der Waals surface area contributed by atoms with Gasteiger partial charge in [0.1, 0.15) is 25.8 Å². The van der Waals surface area contributed by atoms with E-state index in [1.165, 1.54) is 11.8 Å². The molecule has 0 saturated heterocycles. The van der Waals surface area contributed by atoms with Crippen molar-refractivity contribution < 1.29 is 27.5 Å². The van der Waals surface area contributed by atoms with E-state index in [2.05, 4.69) is 5.32 Å². The molecule has 1 atom stereocenters. The minimum absolute atomic E-state index is 0.0732. The SMILES string of the molecule is CCS(=O)(=O)N(CC(=O)N(Cc1ccc(Cl)cc1)C(Cc1ccccc1)C(=O)NCC(C)C)c1ccc2c(c1)OCCO2. The molecule has 9 nitrogen and oxygen atoms in total. The van der Waals surface area contributed by atoms with Crippen LogP contribution in [0.5, 0.6) is 11.5 Å². The Bertz CT molecular complexity index is 1500. The molecule has 1 N–H and O–H groups in total. The van der Waals surface area contributed by atoms with Gasteiger partial charge in [-0.3, -0.25) is 13.9 Å². The maximum absolute atomic E-state index is 14.3. The number of carbonyl (C=O) groups excluding carboxylic acids is 2. The van der Waals surface area contributed by atoms with Crippen LogP contribution in [-0.2, 0) is 32.6 Å². The van der Waals surface area contributed by atoms with E-state index in [-0.39, 0.29) is 36.2 Å². The maximum atomic E-state index is 14.3. The topological polar surface area (TPSA) is 105 Å². The Labute approximate surface area is 258 Å². The highest BCUT2D eigenvalue weighted by Gasteiger charge is 2.34. The number of carbonyl (C=O) groups is 2. The lowest BCUT2D eigenvalue weighted by Crippen LogP contribution is -2.54. The van der Waals surface area contributed by atoms with E-state index in [0.717, 1.165) is 15.4 Å². The number of nitrogens with one attached hydrogen (secondary N) is 1. The van der Waals surface area contributed by atoms with Gasteiger partial charge in [0.15, 0.2) is 11.5 Å². The summed E-state index contributed by atoms with van der Waals surface area (Å²) in [6.45, 7) is 6.22. The number of rotatable bonds is 13. The van der Waals surface area contributed by atoms with Crippen LogP contribution in [0, 0.1) is 5.92 Å². The summed E-state index contributed by atoms with van der Waals surface area (Å²) in [4.78, 5) is 29.5. The first kappa shape index (κ1) is 32.2. The Hall–Kier alpha value is -3.76. The number of nitrogens with zero attached hydrogens (tertiary/aromatic N) is 2. The minimum Gasteiger partial charge on any atom is -0.486 e. The van der Waals surface area contributed by atoms with Crippen LogP contribution in [0.2, 0.25) is 5.02 Å². The Morgan fingerprint density at radius 3 is 2.26 bits per heavy atom. The molecule has 0 aromatic heterocycles. The molecule has 0 bridgehead atoms. The third-order valence-corrected chi connectivity index (χ3v) is 9.01. The summed E-state index contributed by atoms with van der Waals surface area (Å²) in [7, 11) is -3.90. The van der Waals surface area contributed by atoms with Gasteiger partial charge in [-0.05, 0) is 48.2 Å². The van der Waals surface area contributed by atoms with Crippen LogP contribution in [-0.4, -0.2) is 63.2 Å². The number of ether oxygens (including phenoxy) is 2. The number of hydrogen-bond donors (Lipinski definition) is 1. The molecule has 0 radical (unpaired) electrons. The van der Waals surface area contributed by atoms with Crippen molar-refractivity contribution in [1.29, 1.82) is 0 Å². The van der Waals surface area contributed by atoms with Gasteiger partial charge in [0, 0.05) is 30.6 Å². The molecule has 0 aliphatic carbocycles. The smallest absolute Gasteiger partial charge is 0.244 e. The first-order valence-corrected chi connectivity index (χ1v) is 16.3. The number of benzene rings is 3. The second-order valence-electron chi connectivity index (χ2n) is 10.7. The Kier molecular flexibility index (Phi) is 10.9. The van der Waals surface area contributed by atoms with Gasteiger partial charge < -0.3 is 19.7 Å². The number of amides is 2. The fourth-order valence-corrected chi connectivity index (χ4v) is 5.85. The molecule has 2 amide bonds. The average molecular weight is 628 g/mol. The fraction of sp³-hybridized carbons (Fsp3) is 0.375. The van der Waals surface area contributed by atoms with Crippen molar-refractivity contribution >= 4 is 39.1 Å². The zero-order valence-corrected chi connectivity index (χ0v) is 26.2. The third kappa shape index (κ3) is 8.64. The van der Waals surface area contributed by atoms with Crippen molar-refractivity contribution in [2.45, 2.75) is 39.8 Å². The second-order valence-corrected chi connectivity index (χ2v) is 13.3. The maximum Gasteiger partial charge on any atom is 0.244 e. The number of halogens is 1. The Balaban J connectivity index is 1.73. The molecular formula is C32H38ClN3O6S. The highest BCUT2D eigenvalue weighted by atomic mass is 35.5. The van der Waals surface area contributed by atoms with Gasteiger partial charge in [-0.15, -0.1) is 0 Å². The normalized spacial score (nSPS) is 13.3. The predicted octanol–water partition coefficient (Wildman–Crippen LogP) is 4.68. The van der Waals surface area contributed by atoms with Gasteiger partial charge in [-0.2, -0.15) is 0 Å². The minimum atomic E-state index is -3.90. The standard InChI is InChI=1S/C32H38ClN3O6S/c1-4-43(39,40)36(27-14-15-29-30(19-27)42-17-16-41-29)22-31(37)35(21-25-10-12-26(33)13-11-25)28(32(38)34-20-23(2)3)18-24-8-6-5-7-9-24/h5-15,19,23,28H,4,16-18,20-22H2,1-3H3,(H,34,38). The van der Waals surface area contributed by atoms with Gasteiger partial charge in [0.2, 0.25) is 21.8 Å². The zero-order valence-electron chi connectivity index (χ0n) is 24.7.